The summed E-state index contributed by atoms with van der Waals surface area (Å²) in [6.07, 6.45) is -2.52. The maximum Gasteiger partial charge on any atom is 0.338 e. The van der Waals surface area contributed by atoms with Crippen molar-refractivity contribution in [2.24, 2.45) is 23.1 Å². The average molecular weight is 795 g/mol. The van der Waals surface area contributed by atoms with Crippen molar-refractivity contribution in [3.8, 4) is 0 Å². The van der Waals surface area contributed by atoms with Crippen molar-refractivity contribution < 1.29 is 64.4 Å². The molecule has 22 nitrogen and oxygen atoms in total. The zero-order valence-corrected chi connectivity index (χ0v) is 31.3. The average Bonchev–Trinajstić information content (AvgIpc) is 3.06. The van der Waals surface area contributed by atoms with Crippen LogP contribution in [0, 0.1) is 5.92 Å². The van der Waals surface area contributed by atoms with Crippen molar-refractivity contribution >= 4 is 74.9 Å². The second kappa shape index (κ2) is 23.3. The standard InChI is InChI=1S/C29H51N11O11S2/c1-12(2)7-16-25(48)39-19(22(31)45)11-53-52-10-14(30)23(46)35-15(5-4-6-34-29(32)33)24(47)38-18(9-41)27(50)36-17(8-20(43)44)26(49)40-21(13(3)42)28(51)37-16/h12-19,21,41-42H,4-11,30H2,1-3H3,(H2,31,45)(H,35,46)(H,36,50)(H,37,51)(H,38,47)(H,39,48)(H,40,49)(H,43,44)(H4,32,33,34)/p+1/t13-,14+,15+,16+,17+,18+,19+,21+/m1/s1. The lowest BCUT2D eigenvalue weighted by molar-refractivity contribution is -0.459. The first kappa shape index (κ1) is 46.6. The molecule has 0 bridgehead atoms. The molecule has 24 heteroatoms. The van der Waals surface area contributed by atoms with Gasteiger partial charge in [0.1, 0.15) is 36.3 Å². The number of aliphatic carboxylic acids is 1. The fourth-order valence-electron chi connectivity index (χ4n) is 4.62. The molecule has 53 heavy (non-hydrogen) atoms. The van der Waals surface area contributed by atoms with E-state index in [4.69, 9.17) is 17.2 Å². The predicted molar refractivity (Wildman–Crippen MR) is 189 cm³/mol. The van der Waals surface area contributed by atoms with Crippen molar-refractivity contribution in [1.82, 2.24) is 31.9 Å². The van der Waals surface area contributed by atoms with E-state index in [1.165, 1.54) is 0 Å². The Hall–Kier alpha value is -4.39. The molecule has 1 heterocycles. The van der Waals surface area contributed by atoms with Crippen molar-refractivity contribution in [2.75, 3.05) is 24.7 Å². The molecule has 1 aliphatic rings. The van der Waals surface area contributed by atoms with Crippen molar-refractivity contribution in [3.63, 3.8) is 0 Å². The number of carboxylic acid groups (broad SMARTS) is 1. The molecule has 1 rings (SSSR count). The third-order valence-electron chi connectivity index (χ3n) is 7.47. The monoisotopic (exact) mass is 794 g/mol. The van der Waals surface area contributed by atoms with Crippen molar-refractivity contribution in [3.05, 3.63) is 0 Å². The van der Waals surface area contributed by atoms with Gasteiger partial charge in [0.15, 0.2) is 6.04 Å². The second-order valence-corrected chi connectivity index (χ2v) is 15.2. The molecule has 7 amide bonds. The van der Waals surface area contributed by atoms with Crippen LogP contribution in [0.25, 0.3) is 0 Å². The molecule has 0 aromatic rings. The lowest BCUT2D eigenvalue weighted by atomic mass is 10.0. The van der Waals surface area contributed by atoms with Gasteiger partial charge >= 0.3 is 5.96 Å². The molecule has 0 radical (unpaired) electrons. The zero-order valence-electron chi connectivity index (χ0n) is 29.7. The van der Waals surface area contributed by atoms with Crippen LogP contribution in [0.3, 0.4) is 0 Å². The number of carbonyl (C=O) groups is 8. The van der Waals surface area contributed by atoms with Gasteiger partial charge < -0.3 is 63.5 Å². The van der Waals surface area contributed by atoms with Crippen LogP contribution in [0.5, 0.6) is 0 Å². The van der Waals surface area contributed by atoms with Gasteiger partial charge in [0.2, 0.25) is 35.4 Å². The van der Waals surface area contributed by atoms with Crippen molar-refractivity contribution in [2.45, 2.75) is 94.9 Å². The summed E-state index contributed by atoms with van der Waals surface area (Å²) in [7, 11) is 2.20. The third kappa shape index (κ3) is 17.3. The highest BCUT2D eigenvalue weighted by molar-refractivity contribution is 8.76. The molecule has 1 saturated heterocycles. The van der Waals surface area contributed by atoms with E-state index in [2.05, 4.69) is 42.6 Å². The number of nitrogens with two attached hydrogens (primary N) is 3. The van der Waals surface area contributed by atoms with Crippen LogP contribution >= 0.6 is 21.6 Å². The van der Waals surface area contributed by atoms with E-state index in [0.717, 1.165) is 28.5 Å². The Labute approximate surface area is 313 Å². The normalized spacial score (nSPS) is 26.8. The fraction of sp³-hybridized carbons (Fsp3) is 0.690. The largest absolute Gasteiger partial charge is 0.550 e. The number of carbonyl (C=O) groups excluding carboxylic acids is 8. The highest BCUT2D eigenvalue weighted by Crippen LogP contribution is 2.22. The van der Waals surface area contributed by atoms with Gasteiger partial charge in [0.05, 0.1) is 25.0 Å². The van der Waals surface area contributed by atoms with Crippen LogP contribution in [0.1, 0.15) is 46.5 Å². The van der Waals surface area contributed by atoms with Crippen LogP contribution in [-0.4, -0.2) is 137 Å². The van der Waals surface area contributed by atoms with E-state index < -0.39 is 109 Å². The van der Waals surface area contributed by atoms with Gasteiger partial charge in [-0.2, -0.15) is 0 Å². The molecule has 0 spiro atoms. The molecule has 0 unspecified atom stereocenters. The van der Waals surface area contributed by atoms with E-state index in [9.17, 15) is 53.7 Å². The number of hydrogen-bond donors (Lipinski definition) is 13. The molecule has 0 saturated carbocycles. The van der Waals surface area contributed by atoms with Gasteiger partial charge in [-0.25, -0.2) is 0 Å². The zero-order chi connectivity index (χ0) is 40.4. The van der Waals surface area contributed by atoms with Gasteiger partial charge in [-0.05, 0) is 32.1 Å². The van der Waals surface area contributed by atoms with Crippen molar-refractivity contribution in [1.29, 1.82) is 0 Å². The van der Waals surface area contributed by atoms with E-state index in [0.29, 0.717) is 0 Å². The number of aliphatic hydroxyl groups is 2. The number of guanidine groups is 1. The summed E-state index contributed by atoms with van der Waals surface area (Å²) < 4.78 is 0. The molecule has 8 atom stereocenters. The molecular formula is C29H52N11O11S2+. The van der Waals surface area contributed by atoms with Crippen LogP contribution < -0.4 is 64.9 Å². The lowest BCUT2D eigenvalue weighted by Crippen LogP contribution is -2.78. The number of quaternary nitrogens is 1. The second-order valence-electron chi connectivity index (χ2n) is 12.6. The first-order chi connectivity index (χ1) is 24.8. The quantitative estimate of drug-likeness (QED) is 0.0400. The third-order valence-corrected chi connectivity index (χ3v) is 9.96. The highest BCUT2D eigenvalue weighted by atomic mass is 33.1. The highest BCUT2D eigenvalue weighted by Gasteiger charge is 2.35. The molecule has 1 aliphatic heterocycles. The summed E-state index contributed by atoms with van der Waals surface area (Å²) in [5, 5.41) is 45.9. The minimum atomic E-state index is -1.96. The Morgan fingerprint density at radius 3 is 1.89 bits per heavy atom. The first-order valence-electron chi connectivity index (χ1n) is 16.6. The van der Waals surface area contributed by atoms with Gasteiger partial charge in [-0.3, -0.25) is 50.0 Å². The maximum atomic E-state index is 13.4. The minimum absolute atomic E-state index is 0.0253. The predicted octanol–water partition coefficient (Wildman–Crippen LogP) is -9.92. The maximum absolute atomic E-state index is 13.4. The Morgan fingerprint density at radius 2 is 1.34 bits per heavy atom. The number of rotatable bonds is 11. The summed E-state index contributed by atoms with van der Waals surface area (Å²) >= 11 is 0. The molecule has 0 aromatic carbocycles. The van der Waals surface area contributed by atoms with E-state index in [1.807, 2.05) is 0 Å². The Balaban J connectivity index is 3.58. The molecular weight excluding hydrogens is 743 g/mol. The number of hydrogen-bond acceptors (Lipinski definition) is 13. The topological polar surface area (TPSA) is 392 Å². The van der Waals surface area contributed by atoms with Gasteiger partial charge in [-0.1, -0.05) is 35.4 Å². The number of aliphatic hydroxyl groups excluding tert-OH is 2. The molecule has 300 valence electrons. The van der Waals surface area contributed by atoms with Crippen LogP contribution in [0.2, 0.25) is 0 Å². The number of amides is 7. The minimum Gasteiger partial charge on any atom is -0.550 e. The summed E-state index contributed by atoms with van der Waals surface area (Å²) in [6.45, 7) is 3.77. The Morgan fingerprint density at radius 1 is 0.811 bits per heavy atom. The summed E-state index contributed by atoms with van der Waals surface area (Å²) in [5.41, 5.74) is 20.1. The number of carboxylic acids is 1. The fourth-order valence-corrected chi connectivity index (χ4v) is 6.99. The Kier molecular flexibility index (Phi) is 20.5. The van der Waals surface area contributed by atoms with Crippen LogP contribution in [0.4, 0.5) is 0 Å². The molecule has 0 aromatic heterocycles. The van der Waals surface area contributed by atoms with Gasteiger partial charge in [0, 0.05) is 18.1 Å². The summed E-state index contributed by atoms with van der Waals surface area (Å²) in [5.74, 6) is -8.98. The van der Waals surface area contributed by atoms with Crippen LogP contribution in [0.15, 0.2) is 0 Å². The van der Waals surface area contributed by atoms with E-state index >= 15 is 0 Å². The van der Waals surface area contributed by atoms with E-state index in [-0.39, 0.29) is 49.2 Å². The Bertz CT molecular complexity index is 1350. The summed E-state index contributed by atoms with van der Waals surface area (Å²) in [6, 6.07) is -10.3. The van der Waals surface area contributed by atoms with Gasteiger partial charge in [0.25, 0.3) is 5.91 Å². The smallest absolute Gasteiger partial charge is 0.338 e. The lowest BCUT2D eigenvalue weighted by Gasteiger charge is -2.28. The summed E-state index contributed by atoms with van der Waals surface area (Å²) in [4.78, 5) is 106. The SMILES string of the molecule is CC(C)C[C@@H]1NC(=O)[C@H]([C@@H](C)O)NC(=O)[C@H](CC(=O)[O-])NC(=O)[C@H](CO)NC(=O)[C@H](CCC[NH+]=C(N)N)NC(=O)[C@@H]([NH3+])CSSC[C@@H](C(N)=O)NC1=O. The first-order valence-corrected chi connectivity index (χ1v) is 19.1. The molecule has 1 fully saturated rings. The van der Waals surface area contributed by atoms with Gasteiger partial charge in [-0.15, -0.1) is 0 Å². The van der Waals surface area contributed by atoms with E-state index in [1.54, 1.807) is 13.8 Å². The van der Waals surface area contributed by atoms with Crippen LogP contribution in [-0.2, 0) is 38.4 Å². The molecule has 0 aliphatic carbocycles. The molecule has 18 N–H and O–H groups in total. The number of primary amides is 1. The number of nitrogens with one attached hydrogen (secondary N) is 7.